The number of nitrogens with one attached hydrogen (secondary N) is 1. The van der Waals surface area contributed by atoms with Gasteiger partial charge in [0.05, 0.1) is 17.0 Å². The minimum atomic E-state index is -0.170. The molecule has 1 atom stereocenters. The van der Waals surface area contributed by atoms with Crippen molar-refractivity contribution in [1.29, 1.82) is 5.26 Å². The number of hydrogen-bond acceptors (Lipinski definition) is 7. The highest BCUT2D eigenvalue weighted by atomic mass is 32.2. The maximum Gasteiger partial charge on any atom is 0.235 e. The van der Waals surface area contributed by atoms with Crippen LogP contribution < -0.4 is 5.32 Å². The number of tetrazole rings is 1. The SMILES string of the molecule is Cc1cccc(-n2nnnc2SCC(=O)Nc2sc3c(c2C#N)CCC(C)C3)c1. The van der Waals surface area contributed by atoms with E-state index in [-0.39, 0.29) is 11.7 Å². The van der Waals surface area contributed by atoms with Crippen molar-refractivity contribution in [3.05, 3.63) is 45.8 Å². The summed E-state index contributed by atoms with van der Waals surface area (Å²) in [4.78, 5) is 13.8. The first kappa shape index (κ1) is 19.6. The lowest BCUT2D eigenvalue weighted by Gasteiger charge is -2.17. The smallest absolute Gasteiger partial charge is 0.235 e. The molecule has 2 aromatic heterocycles. The first-order valence-corrected chi connectivity index (χ1v) is 11.2. The maximum atomic E-state index is 12.5. The highest BCUT2D eigenvalue weighted by molar-refractivity contribution is 7.99. The van der Waals surface area contributed by atoms with E-state index >= 15 is 0 Å². The summed E-state index contributed by atoms with van der Waals surface area (Å²) in [7, 11) is 0. The molecule has 1 aromatic carbocycles. The zero-order valence-corrected chi connectivity index (χ0v) is 17.8. The second-order valence-electron chi connectivity index (χ2n) is 7.22. The Morgan fingerprint density at radius 3 is 3.14 bits per heavy atom. The van der Waals surface area contributed by atoms with Gasteiger partial charge in [0.15, 0.2) is 0 Å². The Kier molecular flexibility index (Phi) is 5.65. The molecular formula is C20H20N6OS2. The summed E-state index contributed by atoms with van der Waals surface area (Å²) in [5.41, 5.74) is 3.69. The third kappa shape index (κ3) is 4.18. The molecule has 1 N–H and O–H groups in total. The zero-order valence-electron chi connectivity index (χ0n) is 16.2. The van der Waals surface area contributed by atoms with E-state index in [4.69, 9.17) is 0 Å². The van der Waals surface area contributed by atoms with Gasteiger partial charge in [-0.3, -0.25) is 4.79 Å². The number of amides is 1. The summed E-state index contributed by atoms with van der Waals surface area (Å²) in [6.45, 7) is 4.23. The third-order valence-corrected chi connectivity index (χ3v) is 6.99. The lowest BCUT2D eigenvalue weighted by molar-refractivity contribution is -0.113. The molecule has 0 fully saturated rings. The zero-order chi connectivity index (χ0) is 20.4. The van der Waals surface area contributed by atoms with E-state index < -0.39 is 0 Å². The second kappa shape index (κ2) is 8.35. The number of nitrogens with zero attached hydrogens (tertiary/aromatic N) is 5. The summed E-state index contributed by atoms with van der Waals surface area (Å²) >= 11 is 2.80. The monoisotopic (exact) mass is 424 g/mol. The number of nitriles is 1. The Hall–Kier alpha value is -2.70. The van der Waals surface area contributed by atoms with Gasteiger partial charge < -0.3 is 5.32 Å². The van der Waals surface area contributed by atoms with Gasteiger partial charge in [0.2, 0.25) is 11.1 Å². The average molecular weight is 425 g/mol. The highest BCUT2D eigenvalue weighted by Gasteiger charge is 2.24. The molecule has 29 heavy (non-hydrogen) atoms. The molecule has 4 rings (SSSR count). The van der Waals surface area contributed by atoms with E-state index in [9.17, 15) is 10.1 Å². The van der Waals surface area contributed by atoms with E-state index in [0.717, 1.165) is 36.1 Å². The van der Waals surface area contributed by atoms with Crippen molar-refractivity contribution >= 4 is 34.0 Å². The summed E-state index contributed by atoms with van der Waals surface area (Å²) in [6.07, 6.45) is 2.97. The number of benzene rings is 1. The van der Waals surface area contributed by atoms with Gasteiger partial charge >= 0.3 is 0 Å². The Morgan fingerprint density at radius 1 is 1.48 bits per heavy atom. The number of fused-ring (bicyclic) bond motifs is 1. The molecule has 0 bridgehead atoms. The van der Waals surface area contributed by atoms with Crippen molar-refractivity contribution in [3.8, 4) is 11.8 Å². The van der Waals surface area contributed by atoms with Crippen molar-refractivity contribution in [1.82, 2.24) is 20.2 Å². The fraction of sp³-hybridized carbons (Fsp3) is 0.350. The third-order valence-electron chi connectivity index (χ3n) is 4.90. The molecule has 1 unspecified atom stereocenters. The number of thiophene rings is 1. The Bertz CT molecular complexity index is 1100. The van der Waals surface area contributed by atoms with E-state index in [0.29, 0.717) is 21.6 Å². The standard InChI is InChI=1S/C20H20N6OS2/c1-12-4-3-5-14(8-12)26-20(23-24-25-26)28-11-18(27)22-19-16(10-21)15-7-6-13(2)9-17(15)29-19/h3-5,8,13H,6-7,9,11H2,1-2H3,(H,22,27). The first-order chi connectivity index (χ1) is 14.0. The summed E-state index contributed by atoms with van der Waals surface area (Å²) < 4.78 is 1.62. The second-order valence-corrected chi connectivity index (χ2v) is 9.26. The molecule has 0 saturated carbocycles. The van der Waals surface area contributed by atoms with Crippen molar-refractivity contribution in [2.75, 3.05) is 11.1 Å². The van der Waals surface area contributed by atoms with Gasteiger partial charge in [0.25, 0.3) is 0 Å². The molecule has 3 aromatic rings. The number of rotatable bonds is 5. The predicted octanol–water partition coefficient (Wildman–Crippen LogP) is 3.76. The molecule has 2 heterocycles. The fourth-order valence-corrected chi connectivity index (χ4v) is 5.51. The number of hydrogen-bond donors (Lipinski definition) is 1. The predicted molar refractivity (Wildman–Crippen MR) is 113 cm³/mol. The molecule has 1 aliphatic carbocycles. The van der Waals surface area contributed by atoms with Gasteiger partial charge in [-0.1, -0.05) is 30.8 Å². The van der Waals surface area contributed by atoms with Gasteiger partial charge in [-0.25, -0.2) is 0 Å². The topological polar surface area (TPSA) is 96.5 Å². The molecule has 148 valence electrons. The molecule has 7 nitrogen and oxygen atoms in total. The Morgan fingerprint density at radius 2 is 2.34 bits per heavy atom. The van der Waals surface area contributed by atoms with Crippen LogP contribution in [0, 0.1) is 24.2 Å². The van der Waals surface area contributed by atoms with E-state index in [1.807, 2.05) is 31.2 Å². The molecule has 0 aliphatic heterocycles. The van der Waals surface area contributed by atoms with Crippen LogP contribution in [0.2, 0.25) is 0 Å². The van der Waals surface area contributed by atoms with Gasteiger partial charge in [0, 0.05) is 4.88 Å². The van der Waals surface area contributed by atoms with Crippen LogP contribution in [0.4, 0.5) is 5.00 Å². The normalized spacial score (nSPS) is 15.6. The van der Waals surface area contributed by atoms with E-state index in [2.05, 4.69) is 33.8 Å². The van der Waals surface area contributed by atoms with Gasteiger partial charge in [-0.15, -0.1) is 16.4 Å². The molecule has 1 amide bonds. The largest absolute Gasteiger partial charge is 0.316 e. The first-order valence-electron chi connectivity index (χ1n) is 9.38. The molecule has 0 radical (unpaired) electrons. The quantitative estimate of drug-likeness (QED) is 0.627. The van der Waals surface area contributed by atoms with E-state index in [1.54, 1.807) is 4.68 Å². The molecule has 0 spiro atoms. The maximum absolute atomic E-state index is 12.5. The van der Waals surface area contributed by atoms with Crippen molar-refractivity contribution in [2.24, 2.45) is 5.92 Å². The van der Waals surface area contributed by atoms with Crippen LogP contribution in [0.3, 0.4) is 0 Å². The molecular weight excluding hydrogens is 404 g/mol. The van der Waals surface area contributed by atoms with Crippen LogP contribution >= 0.6 is 23.1 Å². The van der Waals surface area contributed by atoms with Crippen LogP contribution in [0.1, 0.15) is 34.9 Å². The number of carbonyl (C=O) groups excluding carboxylic acids is 1. The number of anilines is 1. The lowest BCUT2D eigenvalue weighted by atomic mass is 9.89. The van der Waals surface area contributed by atoms with Crippen LogP contribution in [-0.2, 0) is 17.6 Å². The van der Waals surface area contributed by atoms with Crippen LogP contribution in [0.25, 0.3) is 5.69 Å². The number of aryl methyl sites for hydroxylation is 1. The van der Waals surface area contributed by atoms with E-state index in [1.165, 1.54) is 28.0 Å². The number of thioether (sulfide) groups is 1. The van der Waals surface area contributed by atoms with Crippen LogP contribution in [0.15, 0.2) is 29.4 Å². The van der Waals surface area contributed by atoms with Crippen molar-refractivity contribution in [3.63, 3.8) is 0 Å². The van der Waals surface area contributed by atoms with Gasteiger partial charge in [-0.05, 0) is 65.8 Å². The number of carbonyl (C=O) groups is 1. The Labute approximate surface area is 177 Å². The molecule has 1 aliphatic rings. The molecule has 9 heteroatoms. The number of aromatic nitrogens is 4. The van der Waals surface area contributed by atoms with Crippen LogP contribution in [-0.4, -0.2) is 31.9 Å². The molecule has 0 saturated heterocycles. The van der Waals surface area contributed by atoms with Crippen molar-refractivity contribution in [2.45, 2.75) is 38.3 Å². The minimum absolute atomic E-state index is 0.163. The van der Waals surface area contributed by atoms with Gasteiger partial charge in [-0.2, -0.15) is 9.94 Å². The fourth-order valence-electron chi connectivity index (χ4n) is 3.44. The highest BCUT2D eigenvalue weighted by Crippen LogP contribution is 2.39. The summed E-state index contributed by atoms with van der Waals surface area (Å²) in [5, 5.41) is 25.5. The average Bonchev–Trinajstić information content (AvgIpc) is 3.29. The Balaban J connectivity index is 1.45. The van der Waals surface area contributed by atoms with Gasteiger partial charge in [0.1, 0.15) is 11.1 Å². The van der Waals surface area contributed by atoms with Crippen molar-refractivity contribution < 1.29 is 4.79 Å². The summed E-state index contributed by atoms with van der Waals surface area (Å²) in [6, 6.07) is 10.1. The summed E-state index contributed by atoms with van der Waals surface area (Å²) in [5.74, 6) is 0.611. The van der Waals surface area contributed by atoms with Crippen LogP contribution in [0.5, 0.6) is 0 Å². The minimum Gasteiger partial charge on any atom is -0.316 e. The lowest BCUT2D eigenvalue weighted by Crippen LogP contribution is -2.14.